The molecule has 3 aromatic rings. The van der Waals surface area contributed by atoms with Crippen LogP contribution in [0.5, 0.6) is 0 Å². The van der Waals surface area contributed by atoms with Crippen LogP contribution >= 0.6 is 11.8 Å². The number of nitrogens with one attached hydrogen (secondary N) is 2. The molecule has 25 heavy (non-hydrogen) atoms. The van der Waals surface area contributed by atoms with Gasteiger partial charge < -0.3 is 10.3 Å². The van der Waals surface area contributed by atoms with Gasteiger partial charge in [0.1, 0.15) is 0 Å². The van der Waals surface area contributed by atoms with Crippen LogP contribution in [-0.4, -0.2) is 23.2 Å². The third-order valence-electron chi connectivity index (χ3n) is 4.29. The molecule has 3 rings (SSSR count). The number of H-pyrrole nitrogens is 1. The lowest BCUT2D eigenvalue weighted by molar-refractivity contribution is -0.123. The number of benzene rings is 2. The highest BCUT2D eigenvalue weighted by atomic mass is 32.2. The van der Waals surface area contributed by atoms with E-state index in [1.807, 2.05) is 31.2 Å². The summed E-state index contributed by atoms with van der Waals surface area (Å²) in [6.07, 6.45) is 4.00. The van der Waals surface area contributed by atoms with E-state index in [2.05, 4.69) is 46.8 Å². The van der Waals surface area contributed by atoms with E-state index in [9.17, 15) is 4.79 Å². The van der Waals surface area contributed by atoms with Crippen LogP contribution in [0.2, 0.25) is 0 Å². The molecule has 0 bridgehead atoms. The summed E-state index contributed by atoms with van der Waals surface area (Å²) in [5.74, 6) is 0.957. The lowest BCUT2D eigenvalue weighted by Gasteiger charge is -2.12. The van der Waals surface area contributed by atoms with E-state index in [0.717, 1.165) is 25.1 Å². The molecule has 0 spiro atoms. The fourth-order valence-electron chi connectivity index (χ4n) is 2.82. The van der Waals surface area contributed by atoms with Crippen LogP contribution in [0.4, 0.5) is 0 Å². The summed E-state index contributed by atoms with van der Waals surface area (Å²) < 4.78 is 0. The van der Waals surface area contributed by atoms with E-state index >= 15 is 0 Å². The van der Waals surface area contributed by atoms with E-state index in [4.69, 9.17) is 0 Å². The Bertz CT molecular complexity index is 813. The van der Waals surface area contributed by atoms with Gasteiger partial charge >= 0.3 is 0 Å². The quantitative estimate of drug-likeness (QED) is 0.458. The maximum Gasteiger partial charge on any atom is 0.223 e. The van der Waals surface area contributed by atoms with Gasteiger partial charge in [0.2, 0.25) is 5.91 Å². The van der Waals surface area contributed by atoms with Crippen molar-refractivity contribution in [1.82, 2.24) is 10.3 Å². The second kappa shape index (κ2) is 8.77. The Morgan fingerprint density at radius 1 is 1.12 bits per heavy atom. The van der Waals surface area contributed by atoms with Crippen LogP contribution in [0.15, 0.2) is 65.7 Å². The summed E-state index contributed by atoms with van der Waals surface area (Å²) in [5.41, 5.74) is 2.49. The summed E-state index contributed by atoms with van der Waals surface area (Å²) >= 11 is 1.73. The van der Waals surface area contributed by atoms with Crippen molar-refractivity contribution >= 4 is 28.6 Å². The third-order valence-corrected chi connectivity index (χ3v) is 5.56. The molecule has 1 amide bonds. The molecule has 2 aromatic carbocycles. The van der Waals surface area contributed by atoms with Crippen LogP contribution in [0.25, 0.3) is 10.9 Å². The minimum absolute atomic E-state index is 0.0123. The zero-order chi connectivity index (χ0) is 17.5. The SMILES string of the molecule is CC(CSc1ccccc1)C(=O)NCCCc1c[nH]c2ccccc12. The minimum Gasteiger partial charge on any atom is -0.361 e. The van der Waals surface area contributed by atoms with Gasteiger partial charge in [-0.3, -0.25) is 4.79 Å². The van der Waals surface area contributed by atoms with Crippen molar-refractivity contribution < 1.29 is 4.79 Å². The zero-order valence-electron chi connectivity index (χ0n) is 14.5. The predicted molar refractivity (Wildman–Crippen MR) is 106 cm³/mol. The zero-order valence-corrected chi connectivity index (χ0v) is 15.3. The number of carbonyl (C=O) groups is 1. The van der Waals surface area contributed by atoms with E-state index in [0.29, 0.717) is 0 Å². The minimum atomic E-state index is 0.0123. The Morgan fingerprint density at radius 2 is 1.88 bits per heavy atom. The average Bonchev–Trinajstić information content (AvgIpc) is 3.07. The van der Waals surface area contributed by atoms with E-state index in [-0.39, 0.29) is 11.8 Å². The average molecular weight is 353 g/mol. The van der Waals surface area contributed by atoms with Crippen molar-refractivity contribution in [3.05, 3.63) is 66.4 Å². The second-order valence-electron chi connectivity index (χ2n) is 6.28. The highest BCUT2D eigenvalue weighted by molar-refractivity contribution is 7.99. The molecule has 0 saturated heterocycles. The van der Waals surface area contributed by atoms with Crippen LogP contribution in [0, 0.1) is 5.92 Å². The maximum atomic E-state index is 12.2. The number of aryl methyl sites for hydroxylation is 1. The fraction of sp³-hybridized carbons (Fsp3) is 0.286. The molecule has 130 valence electrons. The number of amides is 1. The maximum absolute atomic E-state index is 12.2. The first-order valence-corrected chi connectivity index (χ1v) is 9.73. The predicted octanol–water partition coefficient (Wildman–Crippen LogP) is 4.65. The Labute approximate surface area is 153 Å². The lowest BCUT2D eigenvalue weighted by atomic mass is 10.1. The first kappa shape index (κ1) is 17.6. The van der Waals surface area contributed by atoms with Crippen molar-refractivity contribution in [2.45, 2.75) is 24.7 Å². The summed E-state index contributed by atoms with van der Waals surface area (Å²) in [5, 5.41) is 4.35. The fourth-order valence-corrected chi connectivity index (χ4v) is 3.76. The summed E-state index contributed by atoms with van der Waals surface area (Å²) in [4.78, 5) is 16.7. The normalized spacial score (nSPS) is 12.2. The molecule has 0 aliphatic rings. The van der Waals surface area contributed by atoms with E-state index in [1.54, 1.807) is 11.8 Å². The molecule has 0 radical (unpaired) electrons. The first-order valence-electron chi connectivity index (χ1n) is 8.74. The third kappa shape index (κ3) is 4.89. The van der Waals surface area contributed by atoms with Gasteiger partial charge in [-0.15, -0.1) is 11.8 Å². The van der Waals surface area contributed by atoms with E-state index in [1.165, 1.54) is 21.4 Å². The molecule has 1 atom stereocenters. The number of hydrogen-bond acceptors (Lipinski definition) is 2. The Kier molecular flexibility index (Phi) is 6.18. The number of para-hydroxylation sites is 1. The Hall–Kier alpha value is -2.20. The largest absolute Gasteiger partial charge is 0.361 e. The molecule has 2 N–H and O–H groups in total. The van der Waals surface area contributed by atoms with Gasteiger partial charge in [-0.05, 0) is 36.6 Å². The van der Waals surface area contributed by atoms with Crippen LogP contribution in [0.1, 0.15) is 18.9 Å². The molecule has 0 aliphatic carbocycles. The molecular weight excluding hydrogens is 328 g/mol. The molecule has 1 unspecified atom stereocenters. The second-order valence-corrected chi connectivity index (χ2v) is 7.37. The molecule has 0 fully saturated rings. The highest BCUT2D eigenvalue weighted by Crippen LogP contribution is 2.20. The summed E-state index contributed by atoms with van der Waals surface area (Å²) in [6.45, 7) is 2.71. The van der Waals surface area contributed by atoms with Crippen LogP contribution < -0.4 is 5.32 Å². The Morgan fingerprint density at radius 3 is 2.72 bits per heavy atom. The monoisotopic (exact) mass is 352 g/mol. The van der Waals surface area contributed by atoms with Gasteiger partial charge in [0.15, 0.2) is 0 Å². The van der Waals surface area contributed by atoms with Crippen molar-refractivity contribution in [2.75, 3.05) is 12.3 Å². The topological polar surface area (TPSA) is 44.9 Å². The standard InChI is InChI=1S/C21H24N2OS/c1-16(15-25-18-9-3-2-4-10-18)21(24)22-13-7-8-17-14-23-20-12-6-5-11-19(17)20/h2-6,9-12,14,16,23H,7-8,13,15H2,1H3,(H,22,24). The van der Waals surface area contributed by atoms with Gasteiger partial charge in [0.25, 0.3) is 0 Å². The van der Waals surface area contributed by atoms with Crippen LogP contribution in [0.3, 0.4) is 0 Å². The van der Waals surface area contributed by atoms with Gasteiger partial charge in [-0.25, -0.2) is 0 Å². The Balaban J connectivity index is 1.38. The van der Waals surface area contributed by atoms with Crippen LogP contribution in [-0.2, 0) is 11.2 Å². The smallest absolute Gasteiger partial charge is 0.223 e. The number of aromatic amines is 1. The van der Waals surface area contributed by atoms with Gasteiger partial charge in [-0.2, -0.15) is 0 Å². The molecule has 1 heterocycles. The number of aromatic nitrogens is 1. The molecule has 0 saturated carbocycles. The summed E-state index contributed by atoms with van der Waals surface area (Å²) in [7, 11) is 0. The molecular formula is C21H24N2OS. The van der Waals surface area contributed by atoms with Gasteiger partial charge in [-0.1, -0.05) is 43.3 Å². The number of carbonyl (C=O) groups excluding carboxylic acids is 1. The highest BCUT2D eigenvalue weighted by Gasteiger charge is 2.12. The van der Waals surface area contributed by atoms with Crippen molar-refractivity contribution in [1.29, 1.82) is 0 Å². The number of rotatable bonds is 8. The molecule has 3 nitrogen and oxygen atoms in total. The van der Waals surface area contributed by atoms with Crippen molar-refractivity contribution in [3.63, 3.8) is 0 Å². The van der Waals surface area contributed by atoms with E-state index < -0.39 is 0 Å². The summed E-state index contributed by atoms with van der Waals surface area (Å²) in [6, 6.07) is 18.6. The number of thioether (sulfide) groups is 1. The molecule has 1 aromatic heterocycles. The molecule has 4 heteroatoms. The van der Waals surface area contributed by atoms with Gasteiger partial charge in [0, 0.05) is 40.2 Å². The lowest BCUT2D eigenvalue weighted by Crippen LogP contribution is -2.31. The number of fused-ring (bicyclic) bond motifs is 1. The van der Waals surface area contributed by atoms with Gasteiger partial charge in [0.05, 0.1) is 0 Å². The van der Waals surface area contributed by atoms with Crippen molar-refractivity contribution in [2.24, 2.45) is 5.92 Å². The van der Waals surface area contributed by atoms with Crippen molar-refractivity contribution in [3.8, 4) is 0 Å². The number of hydrogen-bond donors (Lipinski definition) is 2. The molecule has 0 aliphatic heterocycles. The first-order chi connectivity index (χ1) is 12.2.